The number of rotatable bonds is 3. The van der Waals surface area contributed by atoms with E-state index < -0.39 is 0 Å². The van der Waals surface area contributed by atoms with Crippen LogP contribution in [0.3, 0.4) is 0 Å². The third-order valence-corrected chi connectivity index (χ3v) is 3.24. The Kier molecular flexibility index (Phi) is 4.06. The van der Waals surface area contributed by atoms with Gasteiger partial charge in [0.05, 0.1) is 4.47 Å². The van der Waals surface area contributed by atoms with Gasteiger partial charge < -0.3 is 11.1 Å². The van der Waals surface area contributed by atoms with Crippen molar-refractivity contribution in [3.05, 3.63) is 45.9 Å². The summed E-state index contributed by atoms with van der Waals surface area (Å²) in [5, 5.41) is 2.94. The van der Waals surface area contributed by atoms with Crippen molar-refractivity contribution in [3.8, 4) is 0 Å². The van der Waals surface area contributed by atoms with Crippen LogP contribution in [-0.4, -0.2) is 15.0 Å². The quantitative estimate of drug-likeness (QED) is 0.840. The van der Waals surface area contributed by atoms with Gasteiger partial charge in [0.15, 0.2) is 0 Å². The second-order valence-corrected chi connectivity index (χ2v) is 5.13. The Bertz CT molecular complexity index is 648. The van der Waals surface area contributed by atoms with E-state index in [4.69, 9.17) is 18.0 Å². The fourth-order valence-electron chi connectivity index (χ4n) is 1.46. The molecule has 3 N–H and O–H groups in total. The van der Waals surface area contributed by atoms with Crippen molar-refractivity contribution in [2.24, 2.45) is 5.73 Å². The molecule has 4 nitrogen and oxygen atoms in total. The van der Waals surface area contributed by atoms with Crippen molar-refractivity contribution >= 4 is 44.8 Å². The summed E-state index contributed by atoms with van der Waals surface area (Å²) in [6.07, 6.45) is 1.54. The summed E-state index contributed by atoms with van der Waals surface area (Å²) in [5.74, 6) is -0.0475. The summed E-state index contributed by atoms with van der Waals surface area (Å²) >= 11 is 7.97. The SMILES string of the molecule is Cc1cc(Br)c(F)cc1Nc1nccc(C(N)=S)n1. The molecule has 0 bridgehead atoms. The number of nitrogens with zero attached hydrogens (tertiary/aromatic N) is 2. The normalized spacial score (nSPS) is 10.3. The highest BCUT2D eigenvalue weighted by atomic mass is 79.9. The van der Waals surface area contributed by atoms with Crippen LogP contribution in [0.2, 0.25) is 0 Å². The standard InChI is InChI=1S/C12H10BrFN4S/c1-6-4-7(13)8(14)5-10(6)18-12-16-3-2-9(17-12)11(15)19/h2-5H,1H3,(H2,15,19)(H,16,17,18). The Morgan fingerprint density at radius 3 is 2.89 bits per heavy atom. The lowest BCUT2D eigenvalue weighted by atomic mass is 10.2. The molecule has 98 valence electrons. The van der Waals surface area contributed by atoms with E-state index in [9.17, 15) is 4.39 Å². The lowest BCUT2D eigenvalue weighted by molar-refractivity contribution is 0.621. The molecule has 0 atom stereocenters. The molecule has 0 aliphatic rings. The van der Waals surface area contributed by atoms with Crippen LogP contribution >= 0.6 is 28.1 Å². The first-order valence-corrected chi connectivity index (χ1v) is 6.53. The Morgan fingerprint density at radius 1 is 1.47 bits per heavy atom. The fraction of sp³-hybridized carbons (Fsp3) is 0.0833. The summed E-state index contributed by atoms with van der Waals surface area (Å²) in [6, 6.07) is 4.66. The first-order valence-electron chi connectivity index (χ1n) is 5.33. The summed E-state index contributed by atoms with van der Waals surface area (Å²) in [7, 11) is 0. The third kappa shape index (κ3) is 3.24. The van der Waals surface area contributed by atoms with Gasteiger partial charge in [-0.15, -0.1) is 0 Å². The zero-order chi connectivity index (χ0) is 14.0. The molecular weight excluding hydrogens is 331 g/mol. The van der Waals surface area contributed by atoms with Crippen LogP contribution in [0.15, 0.2) is 28.9 Å². The Balaban J connectivity index is 2.33. The molecule has 0 radical (unpaired) electrons. The van der Waals surface area contributed by atoms with Crippen LogP contribution in [0, 0.1) is 12.7 Å². The highest BCUT2D eigenvalue weighted by Crippen LogP contribution is 2.25. The molecule has 7 heteroatoms. The van der Waals surface area contributed by atoms with E-state index in [2.05, 4.69) is 31.2 Å². The van der Waals surface area contributed by atoms with Crippen LogP contribution in [0.1, 0.15) is 11.3 Å². The minimum absolute atomic E-state index is 0.184. The van der Waals surface area contributed by atoms with E-state index in [0.717, 1.165) is 5.56 Å². The number of aromatic nitrogens is 2. The number of anilines is 2. The van der Waals surface area contributed by atoms with Gasteiger partial charge in [-0.25, -0.2) is 14.4 Å². The van der Waals surface area contributed by atoms with Crippen LogP contribution in [0.4, 0.5) is 16.0 Å². The lowest BCUT2D eigenvalue weighted by Gasteiger charge is -2.09. The summed E-state index contributed by atoms with van der Waals surface area (Å²) < 4.78 is 13.9. The molecule has 0 aliphatic carbocycles. The average Bonchev–Trinajstić information content (AvgIpc) is 2.36. The molecule has 0 amide bonds. The predicted molar refractivity (Wildman–Crippen MR) is 80.0 cm³/mol. The third-order valence-electron chi connectivity index (χ3n) is 2.42. The number of benzene rings is 1. The lowest BCUT2D eigenvalue weighted by Crippen LogP contribution is -2.13. The van der Waals surface area contributed by atoms with Crippen molar-refractivity contribution in [2.75, 3.05) is 5.32 Å². The molecule has 0 spiro atoms. The number of halogens is 2. The second kappa shape index (κ2) is 5.58. The minimum Gasteiger partial charge on any atom is -0.388 e. The van der Waals surface area contributed by atoms with Crippen molar-refractivity contribution in [3.63, 3.8) is 0 Å². The maximum absolute atomic E-state index is 13.5. The highest BCUT2D eigenvalue weighted by Gasteiger charge is 2.07. The first-order chi connectivity index (χ1) is 8.97. The van der Waals surface area contributed by atoms with Gasteiger partial charge in [-0.05, 0) is 46.6 Å². The van der Waals surface area contributed by atoms with Crippen LogP contribution < -0.4 is 11.1 Å². The van der Waals surface area contributed by atoms with Gasteiger partial charge in [0.2, 0.25) is 5.95 Å². The van der Waals surface area contributed by atoms with E-state index in [1.165, 1.54) is 12.3 Å². The molecule has 1 aromatic carbocycles. The Morgan fingerprint density at radius 2 is 2.21 bits per heavy atom. The van der Waals surface area contributed by atoms with E-state index in [-0.39, 0.29) is 10.8 Å². The van der Waals surface area contributed by atoms with Gasteiger partial charge in [-0.3, -0.25) is 0 Å². The number of nitrogens with one attached hydrogen (secondary N) is 1. The van der Waals surface area contributed by atoms with Gasteiger partial charge >= 0.3 is 0 Å². The minimum atomic E-state index is -0.362. The van der Waals surface area contributed by atoms with E-state index >= 15 is 0 Å². The maximum Gasteiger partial charge on any atom is 0.227 e. The smallest absolute Gasteiger partial charge is 0.227 e. The van der Waals surface area contributed by atoms with Gasteiger partial charge in [0.1, 0.15) is 16.5 Å². The molecular formula is C12H10BrFN4S. The molecule has 19 heavy (non-hydrogen) atoms. The van der Waals surface area contributed by atoms with Gasteiger partial charge in [0, 0.05) is 11.9 Å². The van der Waals surface area contributed by atoms with Gasteiger partial charge in [-0.2, -0.15) is 0 Å². The number of thiocarbonyl (C=S) groups is 1. The summed E-state index contributed by atoms with van der Waals surface area (Å²) in [5.41, 5.74) is 7.40. The molecule has 0 saturated heterocycles. The number of aryl methyl sites for hydroxylation is 1. The zero-order valence-corrected chi connectivity index (χ0v) is 12.3. The molecule has 1 heterocycles. The van der Waals surface area contributed by atoms with Crippen LogP contribution in [0.5, 0.6) is 0 Å². The van der Waals surface area contributed by atoms with Gasteiger partial charge in [0.25, 0.3) is 0 Å². The first kappa shape index (κ1) is 13.8. The van der Waals surface area contributed by atoms with Crippen molar-refractivity contribution in [1.82, 2.24) is 9.97 Å². The number of hydrogen-bond acceptors (Lipinski definition) is 4. The molecule has 1 aromatic heterocycles. The van der Waals surface area contributed by atoms with E-state index in [0.29, 0.717) is 21.8 Å². The average molecular weight is 341 g/mol. The van der Waals surface area contributed by atoms with Crippen molar-refractivity contribution in [2.45, 2.75) is 6.92 Å². The van der Waals surface area contributed by atoms with E-state index in [1.807, 2.05) is 6.92 Å². The maximum atomic E-state index is 13.5. The Labute approximate surface area is 123 Å². The van der Waals surface area contributed by atoms with Crippen LogP contribution in [0.25, 0.3) is 0 Å². The van der Waals surface area contributed by atoms with E-state index in [1.54, 1.807) is 12.1 Å². The topological polar surface area (TPSA) is 63.8 Å². The summed E-state index contributed by atoms with van der Waals surface area (Å²) in [6.45, 7) is 1.85. The highest BCUT2D eigenvalue weighted by molar-refractivity contribution is 9.10. The second-order valence-electron chi connectivity index (χ2n) is 3.84. The zero-order valence-electron chi connectivity index (χ0n) is 9.95. The number of hydrogen-bond donors (Lipinski definition) is 2. The predicted octanol–water partition coefficient (Wildman–Crippen LogP) is 3.06. The van der Waals surface area contributed by atoms with Crippen LogP contribution in [-0.2, 0) is 0 Å². The molecule has 0 saturated carbocycles. The van der Waals surface area contributed by atoms with Crippen molar-refractivity contribution in [1.29, 1.82) is 0 Å². The molecule has 2 rings (SSSR count). The monoisotopic (exact) mass is 340 g/mol. The summed E-state index contributed by atoms with van der Waals surface area (Å²) in [4.78, 5) is 8.36. The number of nitrogens with two attached hydrogens (primary N) is 1. The molecule has 0 aliphatic heterocycles. The molecule has 0 unspecified atom stereocenters. The van der Waals surface area contributed by atoms with Gasteiger partial charge in [-0.1, -0.05) is 12.2 Å². The van der Waals surface area contributed by atoms with Crippen molar-refractivity contribution < 1.29 is 4.39 Å². The largest absolute Gasteiger partial charge is 0.388 e. The molecule has 2 aromatic rings. The fourth-order valence-corrected chi connectivity index (χ4v) is 2.03. The Hall–Kier alpha value is -1.60. The molecule has 0 fully saturated rings.